The Morgan fingerprint density at radius 3 is 1.77 bits per heavy atom. The summed E-state index contributed by atoms with van der Waals surface area (Å²) in [6, 6.07) is 44.5. The number of rotatable bonds is 4. The molecule has 4 heteroatoms. The minimum Gasteiger partial charge on any atom is -0.381 e. The van der Waals surface area contributed by atoms with E-state index in [9.17, 15) is 0 Å². The van der Waals surface area contributed by atoms with Crippen LogP contribution in [0.4, 0.5) is 0 Å². The molecule has 0 radical (unpaired) electrons. The fourth-order valence-corrected chi connectivity index (χ4v) is 12.2. The van der Waals surface area contributed by atoms with Crippen molar-refractivity contribution < 1.29 is 0 Å². The van der Waals surface area contributed by atoms with Gasteiger partial charge in [0.25, 0.3) is 0 Å². The zero-order chi connectivity index (χ0) is 40.2. The Hall–Kier alpha value is -7.53. The molecule has 4 atom stereocenters. The highest BCUT2D eigenvalue weighted by atomic mass is 15.3. The predicted molar refractivity (Wildman–Crippen MR) is 261 cm³/mol. The Kier molecular flexibility index (Phi) is 6.46. The normalized spacial score (nSPS) is 20.5. The summed E-state index contributed by atoms with van der Waals surface area (Å²) < 4.78 is 0. The van der Waals surface area contributed by atoms with E-state index in [0.717, 1.165) is 18.8 Å². The number of hydrogen-bond donors (Lipinski definition) is 2. The van der Waals surface area contributed by atoms with Gasteiger partial charge in [0.1, 0.15) is 0 Å². The number of pyridine rings is 1. The number of hydrogen-bond acceptors (Lipinski definition) is 4. The number of allylic oxidation sites excluding steroid dienone is 4. The lowest BCUT2D eigenvalue weighted by Gasteiger charge is -2.24. The summed E-state index contributed by atoms with van der Waals surface area (Å²) in [6.07, 6.45) is 22.2. The molecule has 4 unspecified atom stereocenters. The smallest absolute Gasteiger partial charge is 0.0714 e. The van der Waals surface area contributed by atoms with E-state index in [-0.39, 0.29) is 12.1 Å². The average molecular weight is 791 g/mol. The van der Waals surface area contributed by atoms with Crippen LogP contribution in [0.3, 0.4) is 0 Å². The summed E-state index contributed by atoms with van der Waals surface area (Å²) in [5.74, 6) is 0. The molecule has 1 saturated heterocycles. The van der Waals surface area contributed by atoms with Crippen LogP contribution in [0.5, 0.6) is 0 Å². The van der Waals surface area contributed by atoms with Crippen LogP contribution in [-0.4, -0.2) is 29.0 Å². The van der Waals surface area contributed by atoms with E-state index in [0.29, 0.717) is 6.04 Å². The monoisotopic (exact) mass is 790 g/mol. The number of dihydropyridines is 2. The first kappa shape index (κ1) is 33.2. The van der Waals surface area contributed by atoms with Crippen molar-refractivity contribution in [3.8, 4) is 11.3 Å². The van der Waals surface area contributed by atoms with E-state index in [1.165, 1.54) is 125 Å². The Labute approximate surface area is 357 Å². The van der Waals surface area contributed by atoms with Crippen LogP contribution in [0, 0.1) is 0 Å². The van der Waals surface area contributed by atoms with Gasteiger partial charge in [-0.05, 0) is 140 Å². The molecule has 0 saturated carbocycles. The number of aromatic nitrogens is 1. The summed E-state index contributed by atoms with van der Waals surface area (Å²) in [4.78, 5) is 7.71. The molecule has 1 fully saturated rings. The SMILES string of the molecule is C1=CCNC(c2c3ccccc3c(C3C=CC=CN3)c3c4cc5c(cc6c7c(C8C=CC9CN98)c8ccccc8c(-c8ccccn8)c7c7cccc5c76)c5cccc(c23)c54)=C1. The summed E-state index contributed by atoms with van der Waals surface area (Å²) in [6.45, 7) is 1.93. The zero-order valence-corrected chi connectivity index (χ0v) is 33.8. The highest BCUT2D eigenvalue weighted by Crippen LogP contribution is 2.56. The van der Waals surface area contributed by atoms with E-state index < -0.39 is 0 Å². The first-order chi connectivity index (χ1) is 30.8. The molecule has 11 aromatic rings. The first-order valence-electron chi connectivity index (χ1n) is 22.0. The van der Waals surface area contributed by atoms with E-state index in [4.69, 9.17) is 4.98 Å². The van der Waals surface area contributed by atoms with Crippen LogP contribution in [0.2, 0.25) is 0 Å². The average Bonchev–Trinajstić information content (AvgIpc) is 3.73. The quantitative estimate of drug-likeness (QED) is 0.106. The van der Waals surface area contributed by atoms with E-state index in [2.05, 4.69) is 180 Å². The maximum atomic E-state index is 5.06. The van der Waals surface area contributed by atoms with Crippen LogP contribution in [-0.2, 0) is 0 Å². The fraction of sp³-hybridized carbons (Fsp3) is 0.0862. The van der Waals surface area contributed by atoms with Crippen LogP contribution >= 0.6 is 0 Å². The van der Waals surface area contributed by atoms with Gasteiger partial charge in [-0.3, -0.25) is 9.88 Å². The van der Waals surface area contributed by atoms with E-state index in [1.54, 1.807) is 0 Å². The van der Waals surface area contributed by atoms with Gasteiger partial charge < -0.3 is 10.6 Å². The zero-order valence-electron chi connectivity index (χ0n) is 33.8. The largest absolute Gasteiger partial charge is 0.381 e. The molecule has 4 nitrogen and oxygen atoms in total. The Balaban J connectivity index is 1.17. The predicted octanol–water partition coefficient (Wildman–Crippen LogP) is 13.5. The maximum absolute atomic E-state index is 5.06. The van der Waals surface area contributed by atoms with Gasteiger partial charge in [-0.15, -0.1) is 0 Å². The summed E-state index contributed by atoms with van der Waals surface area (Å²) in [5.41, 5.74) is 7.46. The van der Waals surface area contributed by atoms with Crippen LogP contribution in [0.15, 0.2) is 176 Å². The second kappa shape index (κ2) is 12.1. The standard InChI is InChI=1S/C58H38N4/c1-2-14-34-33(13-1)51(45-21-5-8-26-59-45)55-39-19-11-17-37-42-30-44-50-38(41(42)29-43(49(37)39)57(55)53(34)47-23-7-10-28-61-47)18-12-20-40(50)56-52(46-22-6-9-27-60-46)35-15-3-4-16-36(35)54(58(44)56)48-25-24-32-31-62(32)48/h1-25,27-30,32,47-48,59,61H,26,31H2. The molecule has 1 aromatic heterocycles. The Bertz CT molecular complexity index is 3940. The maximum Gasteiger partial charge on any atom is 0.0714 e. The lowest BCUT2D eigenvalue weighted by Crippen LogP contribution is -2.17. The summed E-state index contributed by atoms with van der Waals surface area (Å²) >= 11 is 0. The van der Waals surface area contributed by atoms with Gasteiger partial charge in [0.15, 0.2) is 0 Å². The molecule has 2 N–H and O–H groups in total. The fourth-order valence-electron chi connectivity index (χ4n) is 12.2. The molecule has 10 aromatic carbocycles. The van der Waals surface area contributed by atoms with Crippen molar-refractivity contribution >= 4 is 103 Å². The third-order valence-electron chi connectivity index (χ3n) is 14.7. The number of nitrogens with one attached hydrogen (secondary N) is 2. The van der Waals surface area contributed by atoms with E-state index >= 15 is 0 Å². The molecule has 62 heavy (non-hydrogen) atoms. The third-order valence-corrected chi connectivity index (χ3v) is 14.7. The van der Waals surface area contributed by atoms with Crippen molar-refractivity contribution in [3.05, 3.63) is 193 Å². The molecule has 0 amide bonds. The second-order valence-electron chi connectivity index (χ2n) is 17.7. The summed E-state index contributed by atoms with van der Waals surface area (Å²) in [7, 11) is 0. The third kappa shape index (κ3) is 4.22. The lowest BCUT2D eigenvalue weighted by atomic mass is 9.87. The van der Waals surface area contributed by atoms with Crippen molar-refractivity contribution in [2.24, 2.45) is 0 Å². The lowest BCUT2D eigenvalue weighted by molar-refractivity contribution is 0.491. The second-order valence-corrected chi connectivity index (χ2v) is 17.7. The van der Waals surface area contributed by atoms with Gasteiger partial charge >= 0.3 is 0 Å². The highest BCUT2D eigenvalue weighted by molar-refractivity contribution is 6.44. The Morgan fingerprint density at radius 2 is 1.15 bits per heavy atom. The van der Waals surface area contributed by atoms with Gasteiger partial charge in [0.05, 0.1) is 17.8 Å². The number of benzene rings is 8. The van der Waals surface area contributed by atoms with E-state index in [1.807, 2.05) is 12.3 Å². The molecule has 4 aliphatic heterocycles. The van der Waals surface area contributed by atoms with Crippen LogP contribution in [0.1, 0.15) is 28.8 Å². The molecular weight excluding hydrogens is 753 g/mol. The molecular formula is C58H38N4. The number of nitrogens with zero attached hydrogens (tertiary/aromatic N) is 2. The molecule has 4 aliphatic rings. The van der Waals surface area contributed by atoms with Gasteiger partial charge in [-0.1, -0.05) is 127 Å². The van der Waals surface area contributed by atoms with Gasteiger partial charge in [0, 0.05) is 52.9 Å². The first-order valence-corrected chi connectivity index (χ1v) is 22.0. The Morgan fingerprint density at radius 1 is 0.500 bits per heavy atom. The summed E-state index contributed by atoms with van der Waals surface area (Å²) in [5, 5.41) is 31.2. The minimum atomic E-state index is 0.0206. The van der Waals surface area contributed by atoms with Crippen LogP contribution < -0.4 is 10.6 Å². The molecule has 5 heterocycles. The van der Waals surface area contributed by atoms with Crippen molar-refractivity contribution in [2.45, 2.75) is 18.1 Å². The topological polar surface area (TPSA) is 40.0 Å². The van der Waals surface area contributed by atoms with Crippen molar-refractivity contribution in [2.75, 3.05) is 13.1 Å². The molecule has 0 spiro atoms. The minimum absolute atomic E-state index is 0.0206. The van der Waals surface area contributed by atoms with Crippen molar-refractivity contribution in [1.82, 2.24) is 20.5 Å². The molecule has 0 aliphatic carbocycles. The van der Waals surface area contributed by atoms with Gasteiger partial charge in [-0.25, -0.2) is 0 Å². The van der Waals surface area contributed by atoms with Crippen LogP contribution in [0.25, 0.3) is 114 Å². The highest BCUT2D eigenvalue weighted by Gasteiger charge is 2.43. The van der Waals surface area contributed by atoms with Crippen molar-refractivity contribution in [3.63, 3.8) is 0 Å². The molecule has 290 valence electrons. The number of fused-ring (bicyclic) bond motifs is 12. The van der Waals surface area contributed by atoms with Crippen molar-refractivity contribution in [1.29, 1.82) is 0 Å². The van der Waals surface area contributed by atoms with Gasteiger partial charge in [0.2, 0.25) is 0 Å². The molecule has 15 rings (SSSR count). The molecule has 0 bridgehead atoms. The van der Waals surface area contributed by atoms with Gasteiger partial charge in [-0.2, -0.15) is 0 Å².